The van der Waals surface area contributed by atoms with Gasteiger partial charge in [-0.1, -0.05) is 64.1 Å². The molecule has 0 amide bonds. The van der Waals surface area contributed by atoms with Crippen LogP contribution in [-0.2, 0) is 11.0 Å². The van der Waals surface area contributed by atoms with Gasteiger partial charge >= 0.3 is 0 Å². The molecule has 0 saturated heterocycles. The van der Waals surface area contributed by atoms with Crippen LogP contribution in [0, 0.1) is 10.8 Å². The molecule has 6 aromatic carbocycles. The summed E-state index contributed by atoms with van der Waals surface area (Å²) >= 11 is 1.81. The molecule has 0 radical (unpaired) electrons. The van der Waals surface area contributed by atoms with Gasteiger partial charge in [0.15, 0.2) is 5.60 Å². The van der Waals surface area contributed by atoms with Crippen LogP contribution in [0.1, 0.15) is 74.8 Å². The number of ether oxygens (including phenoxy) is 6. The lowest BCUT2D eigenvalue weighted by Gasteiger charge is -2.52. The summed E-state index contributed by atoms with van der Waals surface area (Å²) in [4.78, 5) is 1.27. The zero-order chi connectivity index (χ0) is 42.2. The van der Waals surface area contributed by atoms with Crippen molar-refractivity contribution in [2.45, 2.75) is 62.9 Å². The van der Waals surface area contributed by atoms with Gasteiger partial charge in [0, 0.05) is 49.6 Å². The van der Waals surface area contributed by atoms with Crippen LogP contribution in [0.3, 0.4) is 0 Å². The highest BCUT2D eigenvalue weighted by Gasteiger charge is 2.55. The van der Waals surface area contributed by atoms with Gasteiger partial charge < -0.3 is 28.4 Å². The van der Waals surface area contributed by atoms with Crippen LogP contribution < -0.4 is 28.4 Å². The first-order chi connectivity index (χ1) is 28.8. The summed E-state index contributed by atoms with van der Waals surface area (Å²) in [5.41, 5.74) is 9.17. The molecule has 0 atom stereocenters. The second-order valence-corrected chi connectivity index (χ2v) is 19.0. The van der Waals surface area contributed by atoms with E-state index >= 15 is 0 Å². The Morgan fingerprint density at radius 2 is 1.12 bits per heavy atom. The van der Waals surface area contributed by atoms with Crippen molar-refractivity contribution in [1.82, 2.24) is 0 Å². The third-order valence-electron chi connectivity index (χ3n) is 13.1. The minimum Gasteiger partial charge on any atom is -0.497 e. The fourth-order valence-electron chi connectivity index (χ4n) is 11.4. The molecule has 0 unspecified atom stereocenters. The zero-order valence-corrected chi connectivity index (χ0v) is 37.2. The molecule has 0 aromatic heterocycles. The van der Waals surface area contributed by atoms with Gasteiger partial charge in [0.2, 0.25) is 0 Å². The molecule has 3 aliphatic rings. The molecule has 1 fully saturated rings. The highest BCUT2D eigenvalue weighted by molar-refractivity contribution is 7.98. The van der Waals surface area contributed by atoms with Gasteiger partial charge in [0.05, 0.1) is 35.5 Å². The van der Waals surface area contributed by atoms with Gasteiger partial charge in [-0.05, 0) is 131 Å². The van der Waals surface area contributed by atoms with Crippen molar-refractivity contribution in [3.8, 4) is 56.8 Å². The van der Waals surface area contributed by atoms with E-state index in [9.17, 15) is 0 Å². The van der Waals surface area contributed by atoms with Crippen molar-refractivity contribution in [1.29, 1.82) is 0 Å². The summed E-state index contributed by atoms with van der Waals surface area (Å²) in [5.74, 6) is 4.55. The lowest BCUT2D eigenvalue weighted by Crippen LogP contribution is -2.44. The van der Waals surface area contributed by atoms with Crippen LogP contribution in [0.15, 0.2) is 108 Å². The van der Waals surface area contributed by atoms with E-state index in [1.807, 2.05) is 48.2 Å². The molecule has 6 aromatic rings. The molecule has 0 bridgehead atoms. The quantitative estimate of drug-likeness (QED) is 0.135. The van der Waals surface area contributed by atoms with E-state index in [0.717, 1.165) is 86.6 Å². The predicted molar refractivity (Wildman–Crippen MR) is 245 cm³/mol. The molecule has 1 aliphatic heterocycles. The number of fused-ring (bicyclic) bond motifs is 10. The smallest absolute Gasteiger partial charge is 0.178 e. The van der Waals surface area contributed by atoms with Gasteiger partial charge in [0.25, 0.3) is 0 Å². The van der Waals surface area contributed by atoms with Crippen molar-refractivity contribution < 1.29 is 28.4 Å². The van der Waals surface area contributed by atoms with Gasteiger partial charge in [-0.15, -0.1) is 11.8 Å². The highest BCUT2D eigenvalue weighted by atomic mass is 32.2. The minimum atomic E-state index is -0.979. The third kappa shape index (κ3) is 6.22. The van der Waals surface area contributed by atoms with Crippen molar-refractivity contribution in [3.63, 3.8) is 0 Å². The van der Waals surface area contributed by atoms with Crippen LogP contribution in [0.4, 0.5) is 0 Å². The second-order valence-electron chi connectivity index (χ2n) is 18.1. The molecule has 1 heterocycles. The van der Waals surface area contributed by atoms with E-state index in [1.165, 1.54) is 27.1 Å². The van der Waals surface area contributed by atoms with Crippen molar-refractivity contribution in [2.75, 3.05) is 41.8 Å². The van der Waals surface area contributed by atoms with Crippen molar-refractivity contribution in [2.24, 2.45) is 10.8 Å². The topological polar surface area (TPSA) is 55.4 Å². The predicted octanol–water partition coefficient (Wildman–Crippen LogP) is 13.1. The molecule has 60 heavy (non-hydrogen) atoms. The molecular formula is C53H54O6S. The average molecular weight is 819 g/mol. The molecule has 1 spiro atoms. The van der Waals surface area contributed by atoms with Gasteiger partial charge in [-0.3, -0.25) is 0 Å². The number of hydrogen-bond donors (Lipinski definition) is 0. The normalized spacial score (nSPS) is 17.3. The van der Waals surface area contributed by atoms with E-state index in [1.54, 1.807) is 35.5 Å². The number of rotatable bonds is 9. The lowest BCUT2D eigenvalue weighted by molar-refractivity contribution is 0.0641. The Labute approximate surface area is 358 Å². The summed E-state index contributed by atoms with van der Waals surface area (Å²) in [6, 6.07) is 34.1. The maximum Gasteiger partial charge on any atom is 0.178 e. The standard InChI is InChI=1S/C53H54O6S/c1-50(2)29-51(3,4)31-52(30-50)44-26-37(60-10)20-22-39(44)47-42-27-41(38-21-19-36(56-7)25-45(38)57-8)46(58-9)28-43(42)49-40(48(47)52)23-24-53(59-49,32-11-15-34(54-5)16-12-32)33-13-17-35(55-6)18-14-33/h11-28H,29-31H2,1-10H3. The monoisotopic (exact) mass is 818 g/mol. The number of methoxy groups -OCH3 is 5. The van der Waals surface area contributed by atoms with Crippen LogP contribution in [-0.4, -0.2) is 41.8 Å². The Bertz CT molecular complexity index is 2610. The van der Waals surface area contributed by atoms with E-state index in [2.05, 4.69) is 107 Å². The summed E-state index contributed by atoms with van der Waals surface area (Å²) in [6.45, 7) is 9.84. The van der Waals surface area contributed by atoms with E-state index in [-0.39, 0.29) is 16.2 Å². The fourth-order valence-corrected chi connectivity index (χ4v) is 11.8. The molecule has 9 rings (SSSR count). The number of hydrogen-bond acceptors (Lipinski definition) is 7. The molecular weight excluding hydrogens is 765 g/mol. The largest absolute Gasteiger partial charge is 0.497 e. The van der Waals surface area contributed by atoms with E-state index in [4.69, 9.17) is 28.4 Å². The first kappa shape index (κ1) is 39.9. The summed E-state index contributed by atoms with van der Waals surface area (Å²) in [6.07, 6.45) is 9.98. The first-order valence-corrected chi connectivity index (χ1v) is 21.9. The van der Waals surface area contributed by atoms with Crippen LogP contribution >= 0.6 is 11.8 Å². The zero-order valence-electron chi connectivity index (χ0n) is 36.4. The second kappa shape index (κ2) is 14.6. The molecule has 308 valence electrons. The highest BCUT2D eigenvalue weighted by Crippen LogP contribution is 2.67. The summed E-state index contributed by atoms with van der Waals surface area (Å²) in [7, 11) is 8.50. The Morgan fingerprint density at radius 1 is 0.550 bits per heavy atom. The summed E-state index contributed by atoms with van der Waals surface area (Å²) in [5, 5.41) is 2.10. The maximum absolute atomic E-state index is 7.81. The van der Waals surface area contributed by atoms with Crippen LogP contribution in [0.5, 0.6) is 34.5 Å². The molecule has 1 saturated carbocycles. The van der Waals surface area contributed by atoms with Crippen LogP contribution in [0.2, 0.25) is 0 Å². The first-order valence-electron chi connectivity index (χ1n) is 20.6. The molecule has 0 N–H and O–H groups in total. The van der Waals surface area contributed by atoms with Gasteiger partial charge in [-0.25, -0.2) is 0 Å². The lowest BCUT2D eigenvalue weighted by atomic mass is 9.52. The van der Waals surface area contributed by atoms with Gasteiger partial charge in [-0.2, -0.15) is 0 Å². The third-order valence-corrected chi connectivity index (χ3v) is 13.8. The number of thioether (sulfide) groups is 1. The molecule has 6 nitrogen and oxygen atoms in total. The van der Waals surface area contributed by atoms with Crippen molar-refractivity contribution in [3.05, 3.63) is 131 Å². The Kier molecular flexibility index (Phi) is 9.70. The Morgan fingerprint density at radius 3 is 1.68 bits per heavy atom. The Hall–Kier alpha value is -5.53. The van der Waals surface area contributed by atoms with Crippen molar-refractivity contribution >= 4 is 28.6 Å². The summed E-state index contributed by atoms with van der Waals surface area (Å²) < 4.78 is 37.0. The van der Waals surface area contributed by atoms with Gasteiger partial charge in [0.1, 0.15) is 34.5 Å². The SMILES string of the molecule is COc1ccc(C2(c3ccc(OC)cc3)C=Cc3c4c(c5cc(-c6ccc(OC)cc6OC)c(OC)cc5c3O2)-c2ccc(SC)cc2C42CC(C)(C)CC(C)(C)C2)cc1. The van der Waals surface area contributed by atoms with Crippen LogP contribution in [0.25, 0.3) is 39.1 Å². The number of benzene rings is 6. The Balaban J connectivity index is 1.43. The molecule has 2 aliphatic carbocycles. The van der Waals surface area contributed by atoms with E-state index in [0.29, 0.717) is 5.75 Å². The fraction of sp³-hybridized carbons (Fsp3) is 0.321. The maximum atomic E-state index is 7.81. The molecule has 7 heteroatoms. The average Bonchev–Trinajstić information content (AvgIpc) is 3.51. The minimum absolute atomic E-state index is 0.0779. The van der Waals surface area contributed by atoms with E-state index < -0.39 is 5.60 Å².